The van der Waals surface area contributed by atoms with Crippen molar-refractivity contribution in [3.8, 4) is 18.1 Å². The van der Waals surface area contributed by atoms with E-state index in [0.29, 0.717) is 24.2 Å². The van der Waals surface area contributed by atoms with Crippen LogP contribution in [0.1, 0.15) is 30.9 Å². The summed E-state index contributed by atoms with van der Waals surface area (Å²) in [6, 6.07) is 4.42. The highest BCUT2D eigenvalue weighted by Gasteiger charge is 2.18. The molecule has 0 amide bonds. The lowest BCUT2D eigenvalue weighted by molar-refractivity contribution is 0.385. The molecule has 0 spiro atoms. The maximum atomic E-state index is 13.8. The fourth-order valence-electron chi connectivity index (χ4n) is 1.75. The van der Waals surface area contributed by atoms with E-state index >= 15 is 0 Å². The Balaban J connectivity index is 2.90. The van der Waals surface area contributed by atoms with Gasteiger partial charge in [-0.3, -0.25) is 11.3 Å². The maximum Gasteiger partial charge on any atom is 0.131 e. The van der Waals surface area contributed by atoms with Crippen LogP contribution in [0.25, 0.3) is 0 Å². The highest BCUT2D eigenvalue weighted by molar-refractivity contribution is 5.37. The number of ether oxygens (including phenoxy) is 1. The number of halogens is 1. The van der Waals surface area contributed by atoms with Crippen LogP contribution in [0.15, 0.2) is 18.2 Å². The van der Waals surface area contributed by atoms with Crippen molar-refractivity contribution in [3.05, 3.63) is 29.6 Å². The second-order valence-corrected chi connectivity index (χ2v) is 3.67. The number of methoxy groups -OCH3 is 1. The molecule has 0 aromatic heterocycles. The average Bonchev–Trinajstić information content (AvgIpc) is 2.35. The zero-order chi connectivity index (χ0) is 12.7. The Labute approximate surface area is 101 Å². The van der Waals surface area contributed by atoms with Gasteiger partial charge >= 0.3 is 0 Å². The summed E-state index contributed by atoms with van der Waals surface area (Å²) in [7, 11) is 1.51. The number of benzene rings is 1. The second-order valence-electron chi connectivity index (χ2n) is 3.67. The van der Waals surface area contributed by atoms with Crippen molar-refractivity contribution in [1.29, 1.82) is 0 Å². The largest absolute Gasteiger partial charge is 0.496 e. The molecule has 1 aromatic rings. The summed E-state index contributed by atoms with van der Waals surface area (Å²) in [6.07, 6.45) is 7.27. The van der Waals surface area contributed by atoms with E-state index in [1.165, 1.54) is 13.2 Å². The minimum atomic E-state index is -0.326. The van der Waals surface area contributed by atoms with Crippen LogP contribution in [-0.2, 0) is 0 Å². The Kier molecular flexibility index (Phi) is 5.47. The molecule has 0 radical (unpaired) electrons. The summed E-state index contributed by atoms with van der Waals surface area (Å²) in [5.74, 6) is 8.17. The van der Waals surface area contributed by atoms with E-state index in [0.717, 1.165) is 6.42 Å². The summed E-state index contributed by atoms with van der Waals surface area (Å²) in [4.78, 5) is 0. The van der Waals surface area contributed by atoms with E-state index in [4.69, 9.17) is 17.0 Å². The molecular weight excluding hydrogens is 219 g/mol. The number of nitrogens with two attached hydrogens (primary N) is 1. The highest BCUT2D eigenvalue weighted by Crippen LogP contribution is 2.30. The van der Waals surface area contributed by atoms with E-state index in [-0.39, 0.29) is 11.9 Å². The van der Waals surface area contributed by atoms with Crippen LogP contribution < -0.4 is 16.0 Å². The number of hydrogen-bond donors (Lipinski definition) is 2. The first-order valence-electron chi connectivity index (χ1n) is 5.46. The lowest BCUT2D eigenvalue weighted by atomic mass is 10.00. The minimum Gasteiger partial charge on any atom is -0.496 e. The van der Waals surface area contributed by atoms with Crippen LogP contribution in [0.4, 0.5) is 4.39 Å². The molecule has 4 heteroatoms. The summed E-state index contributed by atoms with van der Waals surface area (Å²) >= 11 is 0. The average molecular weight is 236 g/mol. The predicted molar refractivity (Wildman–Crippen MR) is 65.7 cm³/mol. The lowest BCUT2D eigenvalue weighted by Crippen LogP contribution is -2.29. The van der Waals surface area contributed by atoms with E-state index in [9.17, 15) is 4.39 Å². The van der Waals surface area contributed by atoms with Crippen molar-refractivity contribution in [1.82, 2.24) is 5.43 Å². The molecule has 1 unspecified atom stereocenters. The van der Waals surface area contributed by atoms with Gasteiger partial charge in [-0.05, 0) is 25.0 Å². The third-order valence-corrected chi connectivity index (χ3v) is 2.60. The van der Waals surface area contributed by atoms with Gasteiger partial charge in [0.25, 0.3) is 0 Å². The lowest BCUT2D eigenvalue weighted by Gasteiger charge is -2.19. The molecule has 3 nitrogen and oxygen atoms in total. The van der Waals surface area contributed by atoms with Gasteiger partial charge in [-0.15, -0.1) is 12.3 Å². The van der Waals surface area contributed by atoms with Gasteiger partial charge < -0.3 is 4.74 Å². The fraction of sp³-hybridized carbons (Fsp3) is 0.385. The van der Waals surface area contributed by atoms with Gasteiger partial charge in [-0.2, -0.15) is 0 Å². The molecule has 0 heterocycles. The molecule has 0 saturated carbocycles. The van der Waals surface area contributed by atoms with Gasteiger partial charge in [-0.25, -0.2) is 4.39 Å². The van der Waals surface area contributed by atoms with Crippen LogP contribution in [0, 0.1) is 18.2 Å². The summed E-state index contributed by atoms with van der Waals surface area (Å²) in [5, 5.41) is 0. The molecule has 17 heavy (non-hydrogen) atoms. The van der Waals surface area contributed by atoms with Crippen molar-refractivity contribution < 1.29 is 9.13 Å². The van der Waals surface area contributed by atoms with Crippen molar-refractivity contribution in [2.24, 2.45) is 5.84 Å². The summed E-state index contributed by atoms with van der Waals surface area (Å²) < 4.78 is 18.9. The fourth-order valence-corrected chi connectivity index (χ4v) is 1.75. The normalized spacial score (nSPS) is 11.9. The highest BCUT2D eigenvalue weighted by atomic mass is 19.1. The molecule has 3 N–H and O–H groups in total. The Morgan fingerprint density at radius 3 is 2.94 bits per heavy atom. The predicted octanol–water partition coefficient (Wildman–Crippen LogP) is 2.14. The van der Waals surface area contributed by atoms with Crippen molar-refractivity contribution in [3.63, 3.8) is 0 Å². The number of hydrazine groups is 1. The second kappa shape index (κ2) is 6.89. The van der Waals surface area contributed by atoms with Crippen LogP contribution in [0.2, 0.25) is 0 Å². The molecule has 1 aromatic carbocycles. The van der Waals surface area contributed by atoms with Crippen molar-refractivity contribution in [2.75, 3.05) is 7.11 Å². The van der Waals surface area contributed by atoms with Crippen molar-refractivity contribution in [2.45, 2.75) is 25.3 Å². The SMILES string of the molecule is C#CCCCC(NN)c1c(F)cccc1OC. The number of terminal acetylenes is 1. The first kappa shape index (κ1) is 13.5. The van der Waals surface area contributed by atoms with E-state index < -0.39 is 0 Å². The quantitative estimate of drug-likeness (QED) is 0.344. The van der Waals surface area contributed by atoms with Crippen LogP contribution >= 0.6 is 0 Å². The number of unbranched alkanes of at least 4 members (excludes halogenated alkanes) is 1. The molecule has 0 fully saturated rings. The topological polar surface area (TPSA) is 47.3 Å². The van der Waals surface area contributed by atoms with Gasteiger partial charge in [0.2, 0.25) is 0 Å². The van der Waals surface area contributed by atoms with Crippen LogP contribution in [-0.4, -0.2) is 7.11 Å². The molecular formula is C13H17FN2O. The summed E-state index contributed by atoms with van der Waals surface area (Å²) in [5.41, 5.74) is 3.06. The van der Waals surface area contributed by atoms with E-state index in [2.05, 4.69) is 11.3 Å². The van der Waals surface area contributed by atoms with Gasteiger partial charge in [0, 0.05) is 12.0 Å². The third-order valence-electron chi connectivity index (χ3n) is 2.60. The molecule has 1 atom stereocenters. The Morgan fingerprint density at radius 1 is 1.59 bits per heavy atom. The van der Waals surface area contributed by atoms with E-state index in [1.807, 2.05) is 0 Å². The standard InChI is InChI=1S/C13H17FN2O/c1-3-4-5-8-11(16-15)13-10(14)7-6-9-12(13)17-2/h1,6-7,9,11,16H,4-5,8,15H2,2H3. The third kappa shape index (κ3) is 3.45. The van der Waals surface area contributed by atoms with Crippen LogP contribution in [0.5, 0.6) is 5.75 Å². The zero-order valence-corrected chi connectivity index (χ0v) is 9.87. The number of hydrogen-bond acceptors (Lipinski definition) is 3. The number of rotatable bonds is 6. The maximum absolute atomic E-state index is 13.8. The molecule has 92 valence electrons. The molecule has 0 saturated heterocycles. The Hall–Kier alpha value is -1.57. The van der Waals surface area contributed by atoms with Gasteiger partial charge in [0.05, 0.1) is 13.2 Å². The monoisotopic (exact) mass is 236 g/mol. The minimum absolute atomic E-state index is 0.292. The molecule has 0 aliphatic carbocycles. The molecule has 0 bridgehead atoms. The molecule has 1 rings (SSSR count). The van der Waals surface area contributed by atoms with Crippen molar-refractivity contribution >= 4 is 0 Å². The number of nitrogens with one attached hydrogen (secondary N) is 1. The first-order valence-corrected chi connectivity index (χ1v) is 5.46. The van der Waals surface area contributed by atoms with Crippen LogP contribution in [0.3, 0.4) is 0 Å². The van der Waals surface area contributed by atoms with E-state index in [1.54, 1.807) is 12.1 Å². The molecule has 0 aliphatic rings. The Morgan fingerprint density at radius 2 is 2.35 bits per heavy atom. The first-order chi connectivity index (χ1) is 8.24. The zero-order valence-electron chi connectivity index (χ0n) is 9.87. The Bertz CT molecular complexity index is 401. The van der Waals surface area contributed by atoms with Gasteiger partial charge in [0.1, 0.15) is 11.6 Å². The van der Waals surface area contributed by atoms with Gasteiger partial charge in [-0.1, -0.05) is 6.07 Å². The smallest absolute Gasteiger partial charge is 0.131 e. The van der Waals surface area contributed by atoms with Gasteiger partial charge in [0.15, 0.2) is 0 Å². The summed E-state index contributed by atoms with van der Waals surface area (Å²) in [6.45, 7) is 0. The molecule has 0 aliphatic heterocycles.